The fourth-order valence-corrected chi connectivity index (χ4v) is 1.56. The molecule has 86 valence electrons. The number of benzene rings is 1. The van der Waals surface area contributed by atoms with Gasteiger partial charge in [-0.2, -0.15) is 0 Å². The molecule has 0 aliphatic heterocycles. The number of halogens is 1. The van der Waals surface area contributed by atoms with Gasteiger partial charge in [-0.3, -0.25) is 0 Å². The minimum Gasteiger partial charge on any atom is -0.478 e. The molecule has 0 saturated carbocycles. The van der Waals surface area contributed by atoms with Crippen LogP contribution in [0.1, 0.15) is 22.3 Å². The van der Waals surface area contributed by atoms with Gasteiger partial charge in [-0.05, 0) is 32.1 Å². The molecule has 0 radical (unpaired) electrons. The van der Waals surface area contributed by atoms with Crippen LogP contribution in [0.5, 0.6) is 0 Å². The lowest BCUT2D eigenvalue weighted by Gasteiger charge is -2.03. The lowest BCUT2D eigenvalue weighted by atomic mass is 10.1. The van der Waals surface area contributed by atoms with Crippen LogP contribution in [0.15, 0.2) is 24.3 Å². The zero-order valence-corrected chi connectivity index (χ0v) is 9.79. The van der Waals surface area contributed by atoms with Gasteiger partial charge in [0, 0.05) is 10.6 Å². The van der Waals surface area contributed by atoms with Gasteiger partial charge in [-0.25, -0.2) is 4.79 Å². The number of carboxylic acids is 1. The molecule has 16 heavy (non-hydrogen) atoms. The summed E-state index contributed by atoms with van der Waals surface area (Å²) in [6.07, 6.45) is 4.49. The minimum atomic E-state index is -0.962. The SMILES string of the molecule is CNCCC=Cc1c(Cl)cccc1C(=O)O. The molecule has 0 aliphatic rings. The predicted octanol–water partition coefficient (Wildman–Crippen LogP) is 2.66. The van der Waals surface area contributed by atoms with Crippen molar-refractivity contribution in [1.82, 2.24) is 5.32 Å². The molecular formula is C12H14ClNO2. The van der Waals surface area contributed by atoms with Crippen molar-refractivity contribution in [2.45, 2.75) is 6.42 Å². The first kappa shape index (κ1) is 12.7. The largest absolute Gasteiger partial charge is 0.478 e. The van der Waals surface area contributed by atoms with Gasteiger partial charge >= 0.3 is 5.97 Å². The summed E-state index contributed by atoms with van der Waals surface area (Å²) in [5.41, 5.74) is 0.793. The third-order valence-electron chi connectivity index (χ3n) is 2.13. The average Bonchev–Trinajstić information content (AvgIpc) is 2.25. The van der Waals surface area contributed by atoms with Crippen molar-refractivity contribution in [3.05, 3.63) is 40.4 Å². The van der Waals surface area contributed by atoms with E-state index in [1.807, 2.05) is 13.1 Å². The van der Waals surface area contributed by atoms with E-state index < -0.39 is 5.97 Å². The second-order valence-corrected chi connectivity index (χ2v) is 3.71. The standard InChI is InChI=1S/C12H14ClNO2/c1-14-8-3-2-5-9-10(12(15)16)6-4-7-11(9)13/h2,4-7,14H,3,8H2,1H3,(H,15,16). The van der Waals surface area contributed by atoms with Gasteiger partial charge in [0.2, 0.25) is 0 Å². The van der Waals surface area contributed by atoms with Gasteiger partial charge in [-0.1, -0.05) is 29.8 Å². The van der Waals surface area contributed by atoms with Crippen molar-refractivity contribution in [2.75, 3.05) is 13.6 Å². The summed E-state index contributed by atoms with van der Waals surface area (Å²) in [4.78, 5) is 11.0. The molecule has 0 bridgehead atoms. The van der Waals surface area contributed by atoms with E-state index in [1.54, 1.807) is 24.3 Å². The topological polar surface area (TPSA) is 49.3 Å². The molecule has 1 aromatic rings. The van der Waals surface area contributed by atoms with Crippen LogP contribution in [0.4, 0.5) is 0 Å². The highest BCUT2D eigenvalue weighted by Crippen LogP contribution is 2.21. The Bertz CT molecular complexity index is 402. The highest BCUT2D eigenvalue weighted by atomic mass is 35.5. The first-order valence-electron chi connectivity index (χ1n) is 4.99. The molecule has 0 amide bonds. The maximum Gasteiger partial charge on any atom is 0.336 e. The zero-order valence-electron chi connectivity index (χ0n) is 9.03. The molecule has 4 heteroatoms. The maximum atomic E-state index is 11.0. The molecule has 1 aromatic carbocycles. The summed E-state index contributed by atoms with van der Waals surface area (Å²) >= 11 is 5.96. The number of carboxylic acid groups (broad SMARTS) is 1. The third-order valence-corrected chi connectivity index (χ3v) is 2.46. The molecule has 0 atom stereocenters. The van der Waals surface area contributed by atoms with E-state index in [-0.39, 0.29) is 5.56 Å². The van der Waals surface area contributed by atoms with Crippen molar-refractivity contribution in [3.63, 3.8) is 0 Å². The molecule has 1 rings (SSSR count). The van der Waals surface area contributed by atoms with Gasteiger partial charge in [0.1, 0.15) is 0 Å². The molecule has 0 unspecified atom stereocenters. The monoisotopic (exact) mass is 239 g/mol. The Morgan fingerprint density at radius 2 is 2.31 bits per heavy atom. The number of hydrogen-bond acceptors (Lipinski definition) is 2. The van der Waals surface area contributed by atoms with Crippen LogP contribution in [0.3, 0.4) is 0 Å². The Balaban J connectivity index is 2.92. The van der Waals surface area contributed by atoms with E-state index in [9.17, 15) is 4.79 Å². The van der Waals surface area contributed by atoms with Gasteiger partial charge in [0.05, 0.1) is 5.56 Å². The van der Waals surface area contributed by atoms with Crippen LogP contribution in [-0.2, 0) is 0 Å². The fraction of sp³-hybridized carbons (Fsp3) is 0.250. The zero-order chi connectivity index (χ0) is 12.0. The first-order chi connectivity index (χ1) is 7.66. The number of aromatic carboxylic acids is 1. The summed E-state index contributed by atoms with van der Waals surface area (Å²) in [5.74, 6) is -0.962. The van der Waals surface area contributed by atoms with Crippen LogP contribution in [0.25, 0.3) is 6.08 Å². The summed E-state index contributed by atoms with van der Waals surface area (Å²) in [6, 6.07) is 4.87. The van der Waals surface area contributed by atoms with Gasteiger partial charge in [0.25, 0.3) is 0 Å². The molecule has 0 aromatic heterocycles. The second kappa shape index (κ2) is 6.30. The fourth-order valence-electron chi connectivity index (χ4n) is 1.32. The van der Waals surface area contributed by atoms with Gasteiger partial charge in [-0.15, -0.1) is 0 Å². The van der Waals surface area contributed by atoms with Crippen molar-refractivity contribution >= 4 is 23.6 Å². The molecule has 0 fully saturated rings. The van der Waals surface area contributed by atoms with E-state index in [0.717, 1.165) is 13.0 Å². The quantitative estimate of drug-likeness (QED) is 0.777. The van der Waals surface area contributed by atoms with E-state index in [4.69, 9.17) is 16.7 Å². The molecule has 2 N–H and O–H groups in total. The van der Waals surface area contributed by atoms with Crippen molar-refractivity contribution in [2.24, 2.45) is 0 Å². The summed E-state index contributed by atoms with van der Waals surface area (Å²) in [5, 5.41) is 12.5. The van der Waals surface area contributed by atoms with E-state index >= 15 is 0 Å². The molecule has 3 nitrogen and oxygen atoms in total. The average molecular weight is 240 g/mol. The first-order valence-corrected chi connectivity index (χ1v) is 5.37. The van der Waals surface area contributed by atoms with Crippen LogP contribution < -0.4 is 5.32 Å². The molecule has 0 saturated heterocycles. The van der Waals surface area contributed by atoms with Crippen LogP contribution in [0, 0.1) is 0 Å². The Morgan fingerprint density at radius 3 is 2.94 bits per heavy atom. The molecule has 0 heterocycles. The smallest absolute Gasteiger partial charge is 0.336 e. The van der Waals surface area contributed by atoms with E-state index in [2.05, 4.69) is 5.32 Å². The highest BCUT2D eigenvalue weighted by Gasteiger charge is 2.09. The second-order valence-electron chi connectivity index (χ2n) is 3.30. The van der Waals surface area contributed by atoms with Crippen molar-refractivity contribution in [1.29, 1.82) is 0 Å². The van der Waals surface area contributed by atoms with Crippen LogP contribution in [-0.4, -0.2) is 24.7 Å². The molecular weight excluding hydrogens is 226 g/mol. The Hall–Kier alpha value is -1.32. The van der Waals surface area contributed by atoms with Crippen molar-refractivity contribution < 1.29 is 9.90 Å². The van der Waals surface area contributed by atoms with Gasteiger partial charge < -0.3 is 10.4 Å². The van der Waals surface area contributed by atoms with E-state index in [0.29, 0.717) is 10.6 Å². The number of rotatable bonds is 5. The Morgan fingerprint density at radius 1 is 1.56 bits per heavy atom. The maximum absolute atomic E-state index is 11.0. The minimum absolute atomic E-state index is 0.230. The predicted molar refractivity (Wildman–Crippen MR) is 66.0 cm³/mol. The lowest BCUT2D eigenvalue weighted by molar-refractivity contribution is 0.0696. The van der Waals surface area contributed by atoms with Gasteiger partial charge in [0.15, 0.2) is 0 Å². The van der Waals surface area contributed by atoms with Crippen molar-refractivity contribution in [3.8, 4) is 0 Å². The Labute approximate surface area is 99.7 Å². The Kier molecular flexibility index (Phi) is 5.02. The number of hydrogen-bond donors (Lipinski definition) is 2. The molecule has 0 aliphatic carbocycles. The number of nitrogens with one attached hydrogen (secondary N) is 1. The summed E-state index contributed by atoms with van der Waals surface area (Å²) < 4.78 is 0. The van der Waals surface area contributed by atoms with Crippen LogP contribution in [0.2, 0.25) is 5.02 Å². The highest BCUT2D eigenvalue weighted by molar-refractivity contribution is 6.32. The summed E-state index contributed by atoms with van der Waals surface area (Å²) in [6.45, 7) is 0.851. The van der Waals surface area contributed by atoms with E-state index in [1.165, 1.54) is 0 Å². The number of carbonyl (C=O) groups is 1. The van der Waals surface area contributed by atoms with Crippen LogP contribution >= 0.6 is 11.6 Å². The lowest BCUT2D eigenvalue weighted by Crippen LogP contribution is -2.05. The summed E-state index contributed by atoms with van der Waals surface area (Å²) in [7, 11) is 1.87. The third kappa shape index (κ3) is 3.36. The molecule has 0 spiro atoms. The normalized spacial score (nSPS) is 10.9.